The molecule has 1 atom stereocenters. The van der Waals surface area contributed by atoms with Gasteiger partial charge in [0.25, 0.3) is 5.91 Å². The lowest BCUT2D eigenvalue weighted by atomic mass is 10.2. The highest BCUT2D eigenvalue weighted by Gasteiger charge is 2.30. The number of nitrogens with one attached hydrogen (secondary N) is 2. The maximum Gasteiger partial charge on any atom is 0.287 e. The number of amides is 1. The molecule has 2 aromatic heterocycles. The number of benzene rings is 1. The van der Waals surface area contributed by atoms with Gasteiger partial charge in [-0.25, -0.2) is 0 Å². The zero-order valence-electron chi connectivity index (χ0n) is 13.8. The van der Waals surface area contributed by atoms with Crippen LogP contribution in [0.4, 0.5) is 0 Å². The van der Waals surface area contributed by atoms with Crippen molar-refractivity contribution in [3.8, 4) is 0 Å². The Kier molecular flexibility index (Phi) is 4.51. The number of rotatable bonds is 5. The molecule has 0 aliphatic carbocycles. The van der Waals surface area contributed by atoms with Gasteiger partial charge in [-0.3, -0.25) is 4.79 Å². The van der Waals surface area contributed by atoms with Crippen LogP contribution in [0.2, 0.25) is 5.02 Å². The minimum Gasteiger partial charge on any atom is -0.463 e. The van der Waals surface area contributed by atoms with Crippen molar-refractivity contribution in [3.05, 3.63) is 59.2 Å². The second-order valence-electron chi connectivity index (χ2n) is 6.44. The van der Waals surface area contributed by atoms with Crippen molar-refractivity contribution in [3.63, 3.8) is 0 Å². The summed E-state index contributed by atoms with van der Waals surface area (Å²) in [7, 11) is 0. The Bertz CT molecular complexity index is 866. The number of carbonyl (C=O) groups excluding carboxylic acids is 1. The van der Waals surface area contributed by atoms with E-state index in [2.05, 4.69) is 5.32 Å². The van der Waals surface area contributed by atoms with Crippen LogP contribution in [0.15, 0.2) is 51.5 Å². The molecule has 0 spiro atoms. The van der Waals surface area contributed by atoms with Crippen LogP contribution in [0.5, 0.6) is 0 Å². The van der Waals surface area contributed by atoms with Crippen molar-refractivity contribution in [2.24, 2.45) is 0 Å². The predicted octanol–water partition coefficient (Wildman–Crippen LogP) is 2.83. The molecule has 4 rings (SSSR count). The van der Waals surface area contributed by atoms with E-state index in [1.54, 1.807) is 30.5 Å². The summed E-state index contributed by atoms with van der Waals surface area (Å²) in [5.41, 5.74) is 0.655. The van der Waals surface area contributed by atoms with Gasteiger partial charge in [-0.2, -0.15) is 0 Å². The molecule has 1 amide bonds. The zero-order chi connectivity index (χ0) is 17.2. The molecule has 0 unspecified atom stereocenters. The van der Waals surface area contributed by atoms with Crippen LogP contribution in [0.25, 0.3) is 11.0 Å². The van der Waals surface area contributed by atoms with E-state index in [4.69, 9.17) is 20.4 Å². The largest absolute Gasteiger partial charge is 0.463 e. The summed E-state index contributed by atoms with van der Waals surface area (Å²) >= 11 is 5.98. The first-order valence-corrected chi connectivity index (χ1v) is 8.94. The molecule has 0 bridgehead atoms. The third-order valence-electron chi connectivity index (χ3n) is 4.79. The SMILES string of the molecule is O=C(NC[C@H](c1ccco1)[NH+]1CCCC1)c1cc2cc(Cl)ccc2o1. The Morgan fingerprint density at radius 2 is 2.08 bits per heavy atom. The molecule has 25 heavy (non-hydrogen) atoms. The van der Waals surface area contributed by atoms with E-state index < -0.39 is 0 Å². The summed E-state index contributed by atoms with van der Waals surface area (Å²) in [5, 5.41) is 4.44. The standard InChI is InChI=1S/C19H19ClN2O3/c20-14-5-6-16-13(10-14)11-18(25-16)19(23)21-12-15(17-4-3-9-24-17)22-7-1-2-8-22/h3-6,9-11,15H,1-2,7-8,12H2,(H,21,23)/p+1/t15-/m1/s1. The quantitative estimate of drug-likeness (QED) is 0.736. The molecule has 1 aliphatic rings. The average molecular weight is 360 g/mol. The molecular weight excluding hydrogens is 340 g/mol. The molecule has 0 saturated carbocycles. The van der Waals surface area contributed by atoms with Crippen molar-refractivity contribution in [1.82, 2.24) is 5.32 Å². The molecule has 2 N–H and O–H groups in total. The van der Waals surface area contributed by atoms with Crippen LogP contribution in [0, 0.1) is 0 Å². The zero-order valence-corrected chi connectivity index (χ0v) is 14.5. The van der Waals surface area contributed by atoms with E-state index in [1.165, 1.54) is 17.7 Å². The smallest absolute Gasteiger partial charge is 0.287 e. The second kappa shape index (κ2) is 6.94. The summed E-state index contributed by atoms with van der Waals surface area (Å²) in [6.45, 7) is 2.72. The van der Waals surface area contributed by atoms with E-state index in [-0.39, 0.29) is 11.9 Å². The Morgan fingerprint density at radius 1 is 1.24 bits per heavy atom. The molecule has 130 valence electrons. The van der Waals surface area contributed by atoms with E-state index in [1.807, 2.05) is 12.1 Å². The first-order valence-electron chi connectivity index (χ1n) is 8.56. The first-order chi connectivity index (χ1) is 12.2. The number of hydrogen-bond donors (Lipinski definition) is 2. The number of likely N-dealkylation sites (tertiary alicyclic amines) is 1. The highest BCUT2D eigenvalue weighted by Crippen LogP contribution is 2.23. The van der Waals surface area contributed by atoms with Crippen LogP contribution in [-0.2, 0) is 0 Å². The number of quaternary nitrogens is 1. The highest BCUT2D eigenvalue weighted by molar-refractivity contribution is 6.31. The lowest BCUT2D eigenvalue weighted by Gasteiger charge is -2.22. The summed E-state index contributed by atoms with van der Waals surface area (Å²) in [6.07, 6.45) is 4.11. The molecule has 6 heteroatoms. The summed E-state index contributed by atoms with van der Waals surface area (Å²) in [4.78, 5) is 14.0. The summed E-state index contributed by atoms with van der Waals surface area (Å²) in [6, 6.07) is 11.0. The lowest BCUT2D eigenvalue weighted by molar-refractivity contribution is -0.919. The molecule has 1 saturated heterocycles. The molecule has 3 heterocycles. The fourth-order valence-corrected chi connectivity index (χ4v) is 3.70. The van der Waals surface area contributed by atoms with E-state index in [0.717, 1.165) is 24.2 Å². The molecular formula is C19H20ClN2O3+. The van der Waals surface area contributed by atoms with Crippen molar-refractivity contribution < 1.29 is 18.5 Å². The van der Waals surface area contributed by atoms with Gasteiger partial charge in [-0.1, -0.05) is 11.6 Å². The van der Waals surface area contributed by atoms with Gasteiger partial charge in [0.1, 0.15) is 5.58 Å². The van der Waals surface area contributed by atoms with Gasteiger partial charge in [-0.15, -0.1) is 0 Å². The van der Waals surface area contributed by atoms with E-state index in [9.17, 15) is 4.79 Å². The fraction of sp³-hybridized carbons (Fsp3) is 0.316. The minimum absolute atomic E-state index is 0.125. The predicted molar refractivity (Wildman–Crippen MR) is 94.9 cm³/mol. The molecule has 1 fully saturated rings. The maximum absolute atomic E-state index is 12.5. The van der Waals surface area contributed by atoms with E-state index >= 15 is 0 Å². The fourth-order valence-electron chi connectivity index (χ4n) is 3.52. The van der Waals surface area contributed by atoms with Gasteiger partial charge in [-0.05, 0) is 36.4 Å². The number of furan rings is 2. The van der Waals surface area contributed by atoms with Gasteiger partial charge < -0.3 is 19.1 Å². The third-order valence-corrected chi connectivity index (χ3v) is 5.03. The van der Waals surface area contributed by atoms with Crippen LogP contribution in [-0.4, -0.2) is 25.5 Å². The van der Waals surface area contributed by atoms with Gasteiger partial charge >= 0.3 is 0 Å². The third kappa shape index (κ3) is 3.43. The normalized spacial score (nSPS) is 16.4. The molecule has 0 radical (unpaired) electrons. The van der Waals surface area contributed by atoms with Gasteiger partial charge in [0, 0.05) is 23.3 Å². The van der Waals surface area contributed by atoms with Gasteiger partial charge in [0.2, 0.25) is 0 Å². The maximum atomic E-state index is 12.5. The van der Waals surface area contributed by atoms with Crippen molar-refractivity contribution in [2.75, 3.05) is 19.6 Å². The van der Waals surface area contributed by atoms with Gasteiger partial charge in [0.15, 0.2) is 17.6 Å². The van der Waals surface area contributed by atoms with Crippen molar-refractivity contribution >= 4 is 28.5 Å². The van der Waals surface area contributed by atoms with Crippen LogP contribution >= 0.6 is 11.6 Å². The second-order valence-corrected chi connectivity index (χ2v) is 6.87. The lowest BCUT2D eigenvalue weighted by Crippen LogP contribution is -3.11. The number of hydrogen-bond acceptors (Lipinski definition) is 3. The minimum atomic E-state index is -0.220. The van der Waals surface area contributed by atoms with Crippen molar-refractivity contribution in [2.45, 2.75) is 18.9 Å². The number of halogens is 1. The Labute approximate surface area is 150 Å². The highest BCUT2D eigenvalue weighted by atomic mass is 35.5. The molecule has 3 aromatic rings. The average Bonchev–Trinajstić information content (AvgIpc) is 3.36. The van der Waals surface area contributed by atoms with Gasteiger partial charge in [0.05, 0.1) is 25.9 Å². The monoisotopic (exact) mass is 359 g/mol. The first kappa shape index (κ1) is 16.2. The molecule has 1 aliphatic heterocycles. The molecule has 1 aromatic carbocycles. The topological polar surface area (TPSA) is 59.8 Å². The van der Waals surface area contributed by atoms with Crippen LogP contribution < -0.4 is 10.2 Å². The summed E-state index contributed by atoms with van der Waals surface area (Å²) < 4.78 is 11.2. The van der Waals surface area contributed by atoms with Crippen LogP contribution in [0.3, 0.4) is 0 Å². The molecule has 5 nitrogen and oxygen atoms in total. The van der Waals surface area contributed by atoms with E-state index in [0.29, 0.717) is 22.9 Å². The van der Waals surface area contributed by atoms with Crippen LogP contribution in [0.1, 0.15) is 35.2 Å². The number of carbonyl (C=O) groups is 1. The Morgan fingerprint density at radius 3 is 2.84 bits per heavy atom. The van der Waals surface area contributed by atoms with Crippen molar-refractivity contribution in [1.29, 1.82) is 0 Å². The Hall–Kier alpha value is -2.24. The summed E-state index contributed by atoms with van der Waals surface area (Å²) in [5.74, 6) is 0.989. The number of fused-ring (bicyclic) bond motifs is 1. The Balaban J connectivity index is 1.48.